The molecular weight excluding hydrogens is 504 g/mol. The van der Waals surface area contributed by atoms with E-state index >= 15 is 0 Å². The Balaban J connectivity index is 1.42. The van der Waals surface area contributed by atoms with Crippen molar-refractivity contribution in [3.05, 3.63) is 99.4 Å². The number of fused-ring (bicyclic) bond motifs is 3. The molecule has 1 saturated heterocycles. The summed E-state index contributed by atoms with van der Waals surface area (Å²) in [7, 11) is 0. The van der Waals surface area contributed by atoms with Crippen molar-refractivity contribution in [3.63, 3.8) is 0 Å². The van der Waals surface area contributed by atoms with E-state index in [2.05, 4.69) is 5.32 Å². The van der Waals surface area contributed by atoms with Crippen LogP contribution in [0.3, 0.4) is 0 Å². The van der Waals surface area contributed by atoms with Gasteiger partial charge in [0.05, 0.1) is 28.1 Å². The van der Waals surface area contributed by atoms with Gasteiger partial charge in [0.25, 0.3) is 5.69 Å². The smallest absolute Gasteiger partial charge is 0.365 e. The van der Waals surface area contributed by atoms with Crippen molar-refractivity contribution < 1.29 is 27.3 Å². The van der Waals surface area contributed by atoms with Crippen LogP contribution in [0.25, 0.3) is 0 Å². The molecule has 7 nitrogen and oxygen atoms in total. The molecule has 1 fully saturated rings. The first-order valence-electron chi connectivity index (χ1n) is 12.1. The number of rotatable bonds is 5. The molecule has 3 aromatic carbocycles. The Morgan fingerprint density at radius 1 is 1.03 bits per heavy atom. The van der Waals surface area contributed by atoms with Crippen LogP contribution in [-0.4, -0.2) is 36.5 Å². The van der Waals surface area contributed by atoms with Gasteiger partial charge in [0.2, 0.25) is 5.91 Å². The lowest BCUT2D eigenvalue weighted by molar-refractivity contribution is -0.384. The molecule has 198 valence electrons. The summed E-state index contributed by atoms with van der Waals surface area (Å²) in [5, 5.41) is 14.1. The number of carbonyl (C=O) groups excluding carboxylic acids is 1. The molecule has 5 rings (SSSR count). The lowest BCUT2D eigenvalue weighted by Gasteiger charge is -2.49. The predicted molar refractivity (Wildman–Crippen MR) is 133 cm³/mol. The largest absolute Gasteiger partial charge is 0.416 e. The second-order valence-electron chi connectivity index (χ2n) is 9.45. The number of nitrogens with zero attached hydrogens (tertiary/aromatic N) is 3. The zero-order chi connectivity index (χ0) is 27.0. The van der Waals surface area contributed by atoms with E-state index in [0.717, 1.165) is 17.8 Å². The monoisotopic (exact) mass is 528 g/mol. The molecule has 1 amide bonds. The van der Waals surface area contributed by atoms with Crippen molar-refractivity contribution in [1.82, 2.24) is 5.32 Å². The highest BCUT2D eigenvalue weighted by atomic mass is 19.4. The number of halogens is 4. The standard InChI is InChI=1S/C27H24F4N4O3/c28-22-6-1-2-7-24(22)33-10-11-34-23-9-8-20(35(37)38)13-18(23)14-21(25(34)16-33)26(36)32-15-17-4-3-5-19(12-17)27(29,30)31/h1-9,12-13,21,25H,10-11,14-16H2,(H,32,36). The molecule has 2 aliphatic rings. The number of hydrogen-bond donors (Lipinski definition) is 1. The number of non-ortho nitro benzene ring substituents is 1. The molecular formula is C27H24F4N4O3. The summed E-state index contributed by atoms with van der Waals surface area (Å²) in [5.74, 6) is -1.42. The highest BCUT2D eigenvalue weighted by molar-refractivity contribution is 5.82. The summed E-state index contributed by atoms with van der Waals surface area (Å²) in [5.41, 5.74) is 1.26. The molecule has 3 aromatic rings. The van der Waals surface area contributed by atoms with E-state index in [1.54, 1.807) is 24.3 Å². The van der Waals surface area contributed by atoms with Crippen molar-refractivity contribution in [2.24, 2.45) is 5.92 Å². The van der Waals surface area contributed by atoms with Crippen LogP contribution in [0.2, 0.25) is 0 Å². The number of nitro benzene ring substituents is 1. The Labute approximate surface area is 215 Å². The van der Waals surface area contributed by atoms with Crippen molar-refractivity contribution in [1.29, 1.82) is 0 Å². The summed E-state index contributed by atoms with van der Waals surface area (Å²) in [6.45, 7) is 1.16. The number of carbonyl (C=O) groups is 1. The average Bonchev–Trinajstić information content (AvgIpc) is 2.90. The maximum atomic E-state index is 14.6. The highest BCUT2D eigenvalue weighted by Crippen LogP contribution is 2.39. The fourth-order valence-corrected chi connectivity index (χ4v) is 5.33. The van der Waals surface area contributed by atoms with Crippen LogP contribution in [0.1, 0.15) is 16.7 Å². The number of benzene rings is 3. The minimum atomic E-state index is -4.50. The summed E-state index contributed by atoms with van der Waals surface area (Å²) in [6, 6.07) is 15.3. The van der Waals surface area contributed by atoms with Gasteiger partial charge in [0.1, 0.15) is 5.82 Å². The third-order valence-electron chi connectivity index (χ3n) is 7.16. The quantitative estimate of drug-likeness (QED) is 0.289. The van der Waals surface area contributed by atoms with E-state index < -0.39 is 22.6 Å². The summed E-state index contributed by atoms with van der Waals surface area (Å²) < 4.78 is 53.9. The minimum Gasteiger partial charge on any atom is -0.365 e. The number of anilines is 2. The molecule has 2 heterocycles. The second kappa shape index (κ2) is 9.96. The van der Waals surface area contributed by atoms with Gasteiger partial charge >= 0.3 is 6.18 Å². The zero-order valence-corrected chi connectivity index (χ0v) is 20.1. The molecule has 2 unspecified atom stereocenters. The first kappa shape index (κ1) is 25.5. The number of alkyl halides is 3. The van der Waals surface area contributed by atoms with Crippen molar-refractivity contribution in [3.8, 4) is 0 Å². The van der Waals surface area contributed by atoms with Crippen LogP contribution in [0.15, 0.2) is 66.7 Å². The fourth-order valence-electron chi connectivity index (χ4n) is 5.33. The molecule has 0 saturated carbocycles. The van der Waals surface area contributed by atoms with Crippen molar-refractivity contribution in [2.75, 3.05) is 29.4 Å². The van der Waals surface area contributed by atoms with Gasteiger partial charge in [0.15, 0.2) is 0 Å². The van der Waals surface area contributed by atoms with Crippen LogP contribution in [0, 0.1) is 21.8 Å². The maximum absolute atomic E-state index is 14.6. The molecule has 0 spiro atoms. The number of amides is 1. The molecule has 0 bridgehead atoms. The number of hydrogen-bond acceptors (Lipinski definition) is 5. The van der Waals surface area contributed by atoms with Crippen molar-refractivity contribution in [2.45, 2.75) is 25.2 Å². The van der Waals surface area contributed by atoms with Crippen LogP contribution < -0.4 is 15.1 Å². The fraction of sp³-hybridized carbons (Fsp3) is 0.296. The molecule has 0 radical (unpaired) electrons. The molecule has 1 N–H and O–H groups in total. The number of nitro groups is 1. The highest BCUT2D eigenvalue weighted by Gasteiger charge is 2.42. The minimum absolute atomic E-state index is 0.0877. The van der Waals surface area contributed by atoms with Crippen LogP contribution in [0.4, 0.5) is 34.6 Å². The van der Waals surface area contributed by atoms with Crippen LogP contribution in [-0.2, 0) is 23.9 Å². The Morgan fingerprint density at radius 3 is 2.55 bits per heavy atom. The van der Waals surface area contributed by atoms with E-state index in [1.165, 1.54) is 30.3 Å². The third kappa shape index (κ3) is 5.00. The number of piperazine rings is 1. The average molecular weight is 529 g/mol. The number of nitrogens with one attached hydrogen (secondary N) is 1. The Bertz CT molecular complexity index is 1380. The second-order valence-corrected chi connectivity index (χ2v) is 9.45. The lowest BCUT2D eigenvalue weighted by atomic mass is 9.83. The van der Waals surface area contributed by atoms with E-state index in [-0.39, 0.29) is 36.4 Å². The van der Waals surface area contributed by atoms with E-state index in [4.69, 9.17) is 0 Å². The van der Waals surface area contributed by atoms with E-state index in [0.29, 0.717) is 36.4 Å². The summed E-state index contributed by atoms with van der Waals surface area (Å²) in [4.78, 5) is 28.2. The first-order valence-corrected chi connectivity index (χ1v) is 12.1. The summed E-state index contributed by atoms with van der Waals surface area (Å²) in [6.07, 6.45) is -4.29. The lowest BCUT2D eigenvalue weighted by Crippen LogP contribution is -2.61. The zero-order valence-electron chi connectivity index (χ0n) is 20.1. The molecule has 2 atom stereocenters. The van der Waals surface area contributed by atoms with E-state index in [1.807, 2.05) is 9.80 Å². The Hall–Kier alpha value is -4.15. The van der Waals surface area contributed by atoms with Gasteiger partial charge in [0, 0.05) is 44.0 Å². The predicted octanol–water partition coefficient (Wildman–Crippen LogP) is 4.94. The van der Waals surface area contributed by atoms with Gasteiger partial charge in [-0.05, 0) is 47.9 Å². The van der Waals surface area contributed by atoms with E-state index in [9.17, 15) is 32.5 Å². The van der Waals surface area contributed by atoms with Gasteiger partial charge < -0.3 is 15.1 Å². The molecule has 11 heteroatoms. The normalized spacial score (nSPS) is 18.9. The van der Waals surface area contributed by atoms with Gasteiger partial charge in [-0.15, -0.1) is 0 Å². The molecule has 2 aliphatic heterocycles. The first-order chi connectivity index (χ1) is 18.1. The van der Waals surface area contributed by atoms with Crippen LogP contribution >= 0.6 is 0 Å². The third-order valence-corrected chi connectivity index (χ3v) is 7.16. The number of para-hydroxylation sites is 1. The van der Waals surface area contributed by atoms with Gasteiger partial charge in [-0.2, -0.15) is 13.2 Å². The Morgan fingerprint density at radius 2 is 1.82 bits per heavy atom. The van der Waals surface area contributed by atoms with Crippen LogP contribution in [0.5, 0.6) is 0 Å². The van der Waals surface area contributed by atoms with Gasteiger partial charge in [-0.3, -0.25) is 14.9 Å². The topological polar surface area (TPSA) is 78.7 Å². The van der Waals surface area contributed by atoms with Gasteiger partial charge in [-0.1, -0.05) is 24.3 Å². The summed E-state index contributed by atoms with van der Waals surface area (Å²) >= 11 is 0. The molecule has 38 heavy (non-hydrogen) atoms. The molecule has 0 aromatic heterocycles. The molecule has 0 aliphatic carbocycles. The maximum Gasteiger partial charge on any atom is 0.416 e. The SMILES string of the molecule is O=C(NCc1cccc(C(F)(F)F)c1)C1Cc2cc([N+](=O)[O-])ccc2N2CCN(c3ccccc3F)CC12. The Kier molecular flexibility index (Phi) is 6.68. The van der Waals surface area contributed by atoms with Gasteiger partial charge in [-0.25, -0.2) is 4.39 Å². The van der Waals surface area contributed by atoms with Crippen molar-refractivity contribution >= 4 is 23.0 Å².